The number of halogens is 2. The summed E-state index contributed by atoms with van der Waals surface area (Å²) in [4.78, 5) is 12.4. The zero-order valence-corrected chi connectivity index (χ0v) is 13.2. The van der Waals surface area contributed by atoms with Gasteiger partial charge >= 0.3 is 5.97 Å². The van der Waals surface area contributed by atoms with Crippen molar-refractivity contribution in [2.75, 3.05) is 0 Å². The summed E-state index contributed by atoms with van der Waals surface area (Å²) in [6.07, 6.45) is 0. The number of rotatable bonds is 3. The maximum atomic E-state index is 13.2. The molecule has 23 heavy (non-hydrogen) atoms. The Hall–Kier alpha value is -2.42. The number of fused-ring (bicyclic) bond motifs is 1. The van der Waals surface area contributed by atoms with Gasteiger partial charge in [-0.25, -0.2) is 9.18 Å². The van der Waals surface area contributed by atoms with Crippen LogP contribution in [0.15, 0.2) is 42.5 Å². The Bertz CT molecular complexity index is 945. The minimum absolute atomic E-state index is 0.0263. The van der Waals surface area contributed by atoms with Crippen molar-refractivity contribution in [1.29, 1.82) is 5.26 Å². The van der Waals surface area contributed by atoms with Gasteiger partial charge in [-0.05, 0) is 24.3 Å². The van der Waals surface area contributed by atoms with Gasteiger partial charge in [-0.3, -0.25) is 0 Å². The number of thiophene rings is 1. The molecule has 1 heterocycles. The maximum Gasteiger partial charge on any atom is 0.350 e. The normalized spacial score (nSPS) is 10.5. The molecule has 114 valence electrons. The molecule has 0 aliphatic carbocycles. The highest BCUT2D eigenvalue weighted by Gasteiger charge is 2.19. The summed E-state index contributed by atoms with van der Waals surface area (Å²) in [7, 11) is 0. The number of hydrogen-bond acceptors (Lipinski definition) is 4. The molecule has 1 aromatic heterocycles. The lowest BCUT2D eigenvalue weighted by Gasteiger charge is -2.05. The number of ether oxygens (including phenoxy) is 1. The van der Waals surface area contributed by atoms with E-state index in [0.29, 0.717) is 21.2 Å². The van der Waals surface area contributed by atoms with Crippen molar-refractivity contribution in [3.8, 4) is 6.07 Å². The van der Waals surface area contributed by atoms with E-state index in [2.05, 4.69) is 0 Å². The first-order chi connectivity index (χ1) is 11.1. The monoisotopic (exact) mass is 345 g/mol. The second-order valence-electron chi connectivity index (χ2n) is 4.73. The summed E-state index contributed by atoms with van der Waals surface area (Å²) in [5.74, 6) is -0.984. The van der Waals surface area contributed by atoms with Crippen LogP contribution in [-0.2, 0) is 11.3 Å². The first-order valence-corrected chi connectivity index (χ1v) is 7.82. The zero-order chi connectivity index (χ0) is 16.4. The van der Waals surface area contributed by atoms with E-state index in [1.54, 1.807) is 24.3 Å². The highest BCUT2D eigenvalue weighted by Crippen LogP contribution is 2.36. The van der Waals surface area contributed by atoms with Gasteiger partial charge in [0.1, 0.15) is 17.3 Å². The van der Waals surface area contributed by atoms with Crippen LogP contribution in [0.5, 0.6) is 0 Å². The van der Waals surface area contributed by atoms with Gasteiger partial charge < -0.3 is 4.74 Å². The van der Waals surface area contributed by atoms with Crippen molar-refractivity contribution in [3.05, 3.63) is 69.3 Å². The van der Waals surface area contributed by atoms with Crippen molar-refractivity contribution >= 4 is 39.0 Å². The third-order valence-corrected chi connectivity index (χ3v) is 4.91. The quantitative estimate of drug-likeness (QED) is 0.633. The van der Waals surface area contributed by atoms with Crippen LogP contribution in [0.25, 0.3) is 10.1 Å². The smallest absolute Gasteiger partial charge is 0.350 e. The van der Waals surface area contributed by atoms with Gasteiger partial charge in [0.2, 0.25) is 0 Å². The summed E-state index contributed by atoms with van der Waals surface area (Å²) in [6, 6.07) is 13.1. The van der Waals surface area contributed by atoms with Gasteiger partial charge in [0.25, 0.3) is 0 Å². The molecule has 2 aromatic carbocycles. The SMILES string of the molecule is N#Cc1ccccc1COC(=O)c1sc2cc(F)ccc2c1Cl. The fourth-order valence-electron chi connectivity index (χ4n) is 2.13. The minimum Gasteiger partial charge on any atom is -0.457 e. The summed E-state index contributed by atoms with van der Waals surface area (Å²) < 4.78 is 19.1. The lowest BCUT2D eigenvalue weighted by Crippen LogP contribution is -2.04. The highest BCUT2D eigenvalue weighted by atomic mass is 35.5. The largest absolute Gasteiger partial charge is 0.457 e. The average Bonchev–Trinajstić information content (AvgIpc) is 2.89. The van der Waals surface area contributed by atoms with Crippen molar-refractivity contribution in [2.45, 2.75) is 6.61 Å². The topological polar surface area (TPSA) is 50.1 Å². The molecule has 0 saturated heterocycles. The van der Waals surface area contributed by atoms with Crippen LogP contribution in [0.3, 0.4) is 0 Å². The van der Waals surface area contributed by atoms with Crippen LogP contribution in [0.4, 0.5) is 4.39 Å². The van der Waals surface area contributed by atoms with Crippen LogP contribution < -0.4 is 0 Å². The van der Waals surface area contributed by atoms with Crippen molar-refractivity contribution in [2.24, 2.45) is 0 Å². The summed E-state index contributed by atoms with van der Waals surface area (Å²) >= 11 is 7.26. The third-order valence-electron chi connectivity index (χ3n) is 3.27. The zero-order valence-electron chi connectivity index (χ0n) is 11.7. The van der Waals surface area contributed by atoms with Crippen LogP contribution in [-0.4, -0.2) is 5.97 Å². The van der Waals surface area contributed by atoms with Crippen molar-refractivity contribution in [1.82, 2.24) is 0 Å². The van der Waals surface area contributed by atoms with Gasteiger partial charge in [-0.15, -0.1) is 11.3 Å². The average molecular weight is 346 g/mol. The molecule has 0 atom stereocenters. The van der Waals surface area contributed by atoms with Crippen molar-refractivity contribution in [3.63, 3.8) is 0 Å². The van der Waals surface area contributed by atoms with Gasteiger partial charge in [0, 0.05) is 15.6 Å². The summed E-state index contributed by atoms with van der Waals surface area (Å²) in [6.45, 7) is -0.0263. The molecule has 0 fully saturated rings. The number of nitrogens with zero attached hydrogens (tertiary/aromatic N) is 1. The second kappa shape index (κ2) is 6.37. The van der Waals surface area contributed by atoms with Gasteiger partial charge in [0.15, 0.2) is 0 Å². The van der Waals surface area contributed by atoms with E-state index < -0.39 is 11.8 Å². The standard InChI is InChI=1S/C17H9ClFNO2S/c18-15-13-6-5-12(19)7-14(13)23-16(15)17(21)22-9-11-4-2-1-3-10(11)8-20/h1-7H,9H2. The van der Waals surface area contributed by atoms with Crippen molar-refractivity contribution < 1.29 is 13.9 Å². The second-order valence-corrected chi connectivity index (χ2v) is 6.16. The predicted octanol–water partition coefficient (Wildman–Crippen LogP) is 4.92. The Morgan fingerprint density at radius 3 is 2.87 bits per heavy atom. The summed E-state index contributed by atoms with van der Waals surface area (Å²) in [5.41, 5.74) is 1.07. The highest BCUT2D eigenvalue weighted by molar-refractivity contribution is 7.21. The van der Waals surface area contributed by atoms with E-state index in [1.807, 2.05) is 6.07 Å². The Kier molecular flexibility index (Phi) is 4.28. The van der Waals surface area contributed by atoms with E-state index in [1.165, 1.54) is 18.2 Å². The molecule has 0 amide bonds. The Labute approximate surface area is 140 Å². The van der Waals surface area contributed by atoms with Gasteiger partial charge in [0.05, 0.1) is 16.7 Å². The lowest BCUT2D eigenvalue weighted by molar-refractivity contribution is 0.0478. The summed E-state index contributed by atoms with van der Waals surface area (Å²) in [5, 5.41) is 9.89. The molecule has 0 N–H and O–H groups in total. The lowest BCUT2D eigenvalue weighted by atomic mass is 10.1. The molecule has 0 spiro atoms. The number of nitriles is 1. The van der Waals surface area contributed by atoms with Gasteiger partial charge in [-0.1, -0.05) is 29.8 Å². The first-order valence-electron chi connectivity index (χ1n) is 6.63. The van der Waals surface area contributed by atoms with Gasteiger partial charge in [-0.2, -0.15) is 5.26 Å². The number of hydrogen-bond donors (Lipinski definition) is 0. The molecular formula is C17H9ClFNO2S. The number of carbonyl (C=O) groups excluding carboxylic acids is 1. The molecule has 6 heteroatoms. The number of benzene rings is 2. The molecule has 0 unspecified atom stereocenters. The molecule has 0 aliphatic heterocycles. The third kappa shape index (κ3) is 3.04. The Morgan fingerprint density at radius 2 is 2.09 bits per heavy atom. The Morgan fingerprint density at radius 1 is 1.30 bits per heavy atom. The van der Waals surface area contributed by atoms with E-state index >= 15 is 0 Å². The minimum atomic E-state index is -0.593. The molecule has 0 radical (unpaired) electrons. The number of carbonyl (C=O) groups is 1. The Balaban J connectivity index is 1.84. The molecule has 0 saturated carbocycles. The van der Waals surface area contributed by atoms with Crippen LogP contribution in [0.2, 0.25) is 5.02 Å². The molecule has 0 aliphatic rings. The fraction of sp³-hybridized carbons (Fsp3) is 0.0588. The first kappa shape index (κ1) is 15.5. The van der Waals surface area contributed by atoms with Crippen LogP contribution >= 0.6 is 22.9 Å². The van der Waals surface area contributed by atoms with Crippen LogP contribution in [0, 0.1) is 17.1 Å². The van der Waals surface area contributed by atoms with E-state index in [9.17, 15) is 9.18 Å². The number of esters is 1. The fourth-order valence-corrected chi connectivity index (χ4v) is 3.56. The molecule has 3 rings (SSSR count). The molecule has 0 bridgehead atoms. The molecule has 3 nitrogen and oxygen atoms in total. The van der Waals surface area contributed by atoms with Crippen LogP contribution in [0.1, 0.15) is 20.8 Å². The van der Waals surface area contributed by atoms with E-state index in [-0.39, 0.29) is 16.5 Å². The molecular weight excluding hydrogens is 337 g/mol. The molecule has 3 aromatic rings. The van der Waals surface area contributed by atoms with E-state index in [0.717, 1.165) is 11.3 Å². The predicted molar refractivity (Wildman–Crippen MR) is 87.1 cm³/mol. The maximum absolute atomic E-state index is 13.2. The van der Waals surface area contributed by atoms with E-state index in [4.69, 9.17) is 21.6 Å².